The molecule has 0 radical (unpaired) electrons. The van der Waals surface area contributed by atoms with Gasteiger partial charge in [0.05, 0.1) is 12.0 Å². The lowest BCUT2D eigenvalue weighted by Crippen LogP contribution is -2.21. The molecule has 1 aromatic heterocycles. The molecule has 0 aliphatic carbocycles. The van der Waals surface area contributed by atoms with E-state index in [0.717, 1.165) is 0 Å². The van der Waals surface area contributed by atoms with Gasteiger partial charge in [0.1, 0.15) is 6.67 Å². The fraction of sp³-hybridized carbons (Fsp3) is 0.667. The zero-order valence-corrected chi connectivity index (χ0v) is 8.91. The Bertz CT molecular complexity index is 349. The summed E-state index contributed by atoms with van der Waals surface area (Å²) in [6.45, 7) is 4.50. The summed E-state index contributed by atoms with van der Waals surface area (Å²) in [4.78, 5) is 14.9. The Morgan fingerprint density at radius 2 is 2.27 bits per heavy atom. The lowest BCUT2D eigenvalue weighted by Gasteiger charge is -2.13. The van der Waals surface area contributed by atoms with Crippen LogP contribution in [0.5, 0.6) is 0 Å². The zero-order chi connectivity index (χ0) is 11.5. The van der Waals surface area contributed by atoms with E-state index in [9.17, 15) is 9.18 Å². The maximum Gasteiger partial charge on any atom is 0.397 e. The molecule has 6 heteroatoms. The zero-order valence-electron chi connectivity index (χ0n) is 8.91. The summed E-state index contributed by atoms with van der Waals surface area (Å²) >= 11 is 0. The van der Waals surface area contributed by atoms with Crippen LogP contribution in [0.4, 0.5) is 4.39 Å². The van der Waals surface area contributed by atoms with E-state index in [2.05, 4.69) is 19.4 Å². The topological polar surface area (TPSA) is 65.2 Å². The maximum atomic E-state index is 12.6. The second-order valence-corrected chi connectivity index (χ2v) is 3.66. The molecule has 0 N–H and O–H groups in total. The molecule has 0 bridgehead atoms. The number of carbonyl (C=O) groups excluding carboxylic acids is 1. The molecule has 1 rings (SSSR count). The SMILES string of the molecule is CCOC(=O)c1nc(C(C)(C)CF)no1. The number of halogens is 1. The van der Waals surface area contributed by atoms with Gasteiger partial charge in [-0.05, 0) is 6.92 Å². The molecule has 5 nitrogen and oxygen atoms in total. The first-order chi connectivity index (χ1) is 7.01. The molecular weight excluding hydrogens is 203 g/mol. The second kappa shape index (κ2) is 4.37. The predicted octanol–water partition coefficient (Wildman–Crippen LogP) is 1.49. The number of hydrogen-bond acceptors (Lipinski definition) is 5. The lowest BCUT2D eigenvalue weighted by molar-refractivity contribution is 0.0470. The smallest absolute Gasteiger partial charge is 0.397 e. The van der Waals surface area contributed by atoms with E-state index in [-0.39, 0.29) is 18.3 Å². The fourth-order valence-electron chi connectivity index (χ4n) is 0.834. The van der Waals surface area contributed by atoms with Gasteiger partial charge in [0.15, 0.2) is 5.82 Å². The van der Waals surface area contributed by atoms with Crippen molar-refractivity contribution in [3.63, 3.8) is 0 Å². The third kappa shape index (κ3) is 2.51. The van der Waals surface area contributed by atoms with Gasteiger partial charge >= 0.3 is 11.9 Å². The number of hydrogen-bond donors (Lipinski definition) is 0. The Balaban J connectivity index is 2.85. The third-order valence-electron chi connectivity index (χ3n) is 1.82. The molecule has 0 aromatic carbocycles. The van der Waals surface area contributed by atoms with Crippen LogP contribution in [0.3, 0.4) is 0 Å². The first kappa shape index (κ1) is 11.6. The average molecular weight is 216 g/mol. The summed E-state index contributed by atoms with van der Waals surface area (Å²) < 4.78 is 21.9. The summed E-state index contributed by atoms with van der Waals surface area (Å²) in [6.07, 6.45) is 0. The van der Waals surface area contributed by atoms with Gasteiger partial charge in [0, 0.05) is 0 Å². The van der Waals surface area contributed by atoms with Crippen LogP contribution in [-0.2, 0) is 10.2 Å². The average Bonchev–Trinajstić information content (AvgIpc) is 2.67. The standard InChI is InChI=1S/C9H13FN2O3/c1-4-14-7(13)6-11-8(12-15-6)9(2,3)5-10/h4-5H2,1-3H3. The molecule has 0 amide bonds. The van der Waals surface area contributed by atoms with Crippen LogP contribution in [0.15, 0.2) is 4.52 Å². The van der Waals surface area contributed by atoms with Crippen molar-refractivity contribution < 1.29 is 18.4 Å². The summed E-state index contributed by atoms with van der Waals surface area (Å²) in [5.74, 6) is -0.771. The largest absolute Gasteiger partial charge is 0.459 e. The van der Waals surface area contributed by atoms with Gasteiger partial charge in [-0.2, -0.15) is 4.98 Å². The molecule has 0 fully saturated rings. The van der Waals surface area contributed by atoms with Crippen molar-refractivity contribution in [3.05, 3.63) is 11.7 Å². The number of nitrogens with zero attached hydrogens (tertiary/aromatic N) is 2. The number of ether oxygens (including phenoxy) is 1. The van der Waals surface area contributed by atoms with Gasteiger partial charge in [-0.3, -0.25) is 4.39 Å². The van der Waals surface area contributed by atoms with Gasteiger partial charge in [-0.15, -0.1) is 0 Å². The van der Waals surface area contributed by atoms with E-state index >= 15 is 0 Å². The molecule has 1 aromatic rings. The van der Waals surface area contributed by atoms with Crippen molar-refractivity contribution >= 4 is 5.97 Å². The molecule has 0 saturated carbocycles. The van der Waals surface area contributed by atoms with E-state index in [1.165, 1.54) is 0 Å². The number of alkyl halides is 1. The Morgan fingerprint density at radius 3 is 2.80 bits per heavy atom. The molecule has 0 unspecified atom stereocenters. The maximum absolute atomic E-state index is 12.6. The summed E-state index contributed by atoms with van der Waals surface area (Å²) in [7, 11) is 0. The summed E-state index contributed by atoms with van der Waals surface area (Å²) in [6, 6.07) is 0. The highest BCUT2D eigenvalue weighted by atomic mass is 19.1. The minimum Gasteiger partial charge on any atom is -0.459 e. The predicted molar refractivity (Wildman–Crippen MR) is 49.3 cm³/mol. The monoisotopic (exact) mass is 216 g/mol. The quantitative estimate of drug-likeness (QED) is 0.713. The van der Waals surface area contributed by atoms with Crippen LogP contribution in [0.25, 0.3) is 0 Å². The summed E-state index contributed by atoms with van der Waals surface area (Å²) in [5.41, 5.74) is -0.853. The van der Waals surface area contributed by atoms with E-state index in [1.54, 1.807) is 20.8 Å². The molecule has 1 heterocycles. The normalized spacial score (nSPS) is 11.5. The molecule has 84 valence electrons. The van der Waals surface area contributed by atoms with E-state index < -0.39 is 18.1 Å². The van der Waals surface area contributed by atoms with Crippen LogP contribution in [0, 0.1) is 0 Å². The van der Waals surface area contributed by atoms with Gasteiger partial charge in [-0.1, -0.05) is 19.0 Å². The number of carbonyl (C=O) groups is 1. The van der Waals surface area contributed by atoms with E-state index in [4.69, 9.17) is 0 Å². The minimum absolute atomic E-state index is 0.160. The molecule has 0 aliphatic heterocycles. The molecule has 15 heavy (non-hydrogen) atoms. The van der Waals surface area contributed by atoms with E-state index in [1.807, 2.05) is 0 Å². The molecule has 0 aliphatic rings. The first-order valence-corrected chi connectivity index (χ1v) is 4.58. The first-order valence-electron chi connectivity index (χ1n) is 4.58. The van der Waals surface area contributed by atoms with Gasteiger partial charge in [-0.25, -0.2) is 4.79 Å². The summed E-state index contributed by atoms with van der Waals surface area (Å²) in [5, 5.41) is 3.54. The van der Waals surface area contributed by atoms with Crippen LogP contribution in [0.1, 0.15) is 37.3 Å². The molecular formula is C9H13FN2O3. The van der Waals surface area contributed by atoms with Crippen LogP contribution < -0.4 is 0 Å². The highest BCUT2D eigenvalue weighted by Gasteiger charge is 2.28. The van der Waals surface area contributed by atoms with E-state index in [0.29, 0.717) is 0 Å². The fourth-order valence-corrected chi connectivity index (χ4v) is 0.834. The van der Waals surface area contributed by atoms with Gasteiger partial charge in [0.25, 0.3) is 0 Å². The molecule has 0 atom stereocenters. The van der Waals surface area contributed by atoms with Crippen molar-refractivity contribution in [1.82, 2.24) is 10.1 Å². The highest BCUT2D eigenvalue weighted by molar-refractivity contribution is 5.83. The van der Waals surface area contributed by atoms with Crippen molar-refractivity contribution in [3.8, 4) is 0 Å². The number of rotatable bonds is 4. The van der Waals surface area contributed by atoms with Crippen molar-refractivity contribution in [1.29, 1.82) is 0 Å². The lowest BCUT2D eigenvalue weighted by atomic mass is 9.95. The Labute approximate surface area is 86.6 Å². The van der Waals surface area contributed by atoms with Crippen LogP contribution in [0.2, 0.25) is 0 Å². The Hall–Kier alpha value is -1.46. The highest BCUT2D eigenvalue weighted by Crippen LogP contribution is 2.20. The van der Waals surface area contributed by atoms with Crippen LogP contribution >= 0.6 is 0 Å². The Morgan fingerprint density at radius 1 is 1.60 bits per heavy atom. The number of esters is 1. The Kier molecular flexibility index (Phi) is 3.39. The van der Waals surface area contributed by atoms with Gasteiger partial charge in [0.2, 0.25) is 0 Å². The molecule has 0 spiro atoms. The van der Waals surface area contributed by atoms with Crippen molar-refractivity contribution in [2.75, 3.05) is 13.3 Å². The van der Waals surface area contributed by atoms with Crippen molar-refractivity contribution in [2.45, 2.75) is 26.2 Å². The second-order valence-electron chi connectivity index (χ2n) is 3.66. The third-order valence-corrected chi connectivity index (χ3v) is 1.82. The number of aromatic nitrogens is 2. The molecule has 0 saturated heterocycles. The minimum atomic E-state index is -0.853. The van der Waals surface area contributed by atoms with Crippen molar-refractivity contribution in [2.24, 2.45) is 0 Å². The van der Waals surface area contributed by atoms with Gasteiger partial charge < -0.3 is 9.26 Å². The van der Waals surface area contributed by atoms with Crippen LogP contribution in [-0.4, -0.2) is 29.4 Å².